The Bertz CT molecular complexity index is 98.5. The number of rotatable bonds is 10. The molecule has 0 fully saturated rings. The predicted molar refractivity (Wildman–Crippen MR) is 73.7 cm³/mol. The maximum absolute atomic E-state index is 3.54. The van der Waals surface area contributed by atoms with Crippen LogP contribution in [0.3, 0.4) is 0 Å². The summed E-state index contributed by atoms with van der Waals surface area (Å²) in [6.45, 7) is 2.28. The van der Waals surface area contributed by atoms with Crippen LogP contribution in [0.2, 0.25) is 0 Å². The first-order chi connectivity index (χ1) is 6.85. The minimum Gasteiger partial charge on any atom is -0.0928 e. The number of unbranched alkanes of at least 4 members (excludes halogenated alkanes) is 4. The van der Waals surface area contributed by atoms with Crippen LogP contribution < -0.4 is 0 Å². The summed E-state index contributed by atoms with van der Waals surface area (Å²) in [6.07, 6.45) is 11.2. The van der Waals surface area contributed by atoms with E-state index >= 15 is 0 Å². The molecule has 0 aliphatic carbocycles. The topological polar surface area (TPSA) is 0 Å². The van der Waals surface area contributed by atoms with Crippen LogP contribution in [0.5, 0.6) is 0 Å². The summed E-state index contributed by atoms with van der Waals surface area (Å²) in [4.78, 5) is 0. The summed E-state index contributed by atoms with van der Waals surface area (Å²) in [6, 6.07) is 0. The van der Waals surface area contributed by atoms with Crippen molar-refractivity contribution in [3.63, 3.8) is 0 Å². The first-order valence-corrected chi connectivity index (χ1v) is 8.21. The van der Waals surface area contributed by atoms with E-state index in [-0.39, 0.29) is 0 Å². The maximum atomic E-state index is 3.54. The Hall–Kier alpha value is 0.960. The lowest BCUT2D eigenvalue weighted by Gasteiger charge is -2.13. The summed E-state index contributed by atoms with van der Waals surface area (Å²) >= 11 is 7.08. The molecule has 0 aromatic rings. The minimum absolute atomic E-state index is 0.940. The molecule has 0 aromatic carbocycles. The third-order valence-corrected chi connectivity index (χ3v) is 3.67. The Morgan fingerprint density at radius 2 is 1.36 bits per heavy atom. The van der Waals surface area contributed by atoms with Gasteiger partial charge in [-0.1, -0.05) is 77.3 Å². The van der Waals surface area contributed by atoms with E-state index in [4.69, 9.17) is 0 Å². The summed E-state index contributed by atoms with van der Waals surface area (Å²) in [5.74, 6) is 0.940. The lowest BCUT2D eigenvalue weighted by molar-refractivity contribution is 0.435. The van der Waals surface area contributed by atoms with Crippen LogP contribution in [-0.4, -0.2) is 10.7 Å². The van der Waals surface area contributed by atoms with E-state index in [0.29, 0.717) is 0 Å². The van der Waals surface area contributed by atoms with Gasteiger partial charge in [-0.2, -0.15) is 0 Å². The highest BCUT2D eigenvalue weighted by Crippen LogP contribution is 2.20. The van der Waals surface area contributed by atoms with Crippen LogP contribution in [-0.2, 0) is 0 Å². The molecule has 0 atom stereocenters. The second-order valence-corrected chi connectivity index (χ2v) is 5.61. The van der Waals surface area contributed by atoms with E-state index in [9.17, 15) is 0 Å². The highest BCUT2D eigenvalue weighted by molar-refractivity contribution is 9.09. The van der Waals surface area contributed by atoms with E-state index < -0.39 is 0 Å². The average Bonchev–Trinajstić information content (AvgIpc) is 2.18. The lowest BCUT2D eigenvalue weighted by atomic mass is 9.96. The van der Waals surface area contributed by atoms with Crippen molar-refractivity contribution in [2.24, 2.45) is 5.92 Å². The van der Waals surface area contributed by atoms with Crippen LogP contribution in [0, 0.1) is 5.92 Å². The molecule has 0 rings (SSSR count). The number of alkyl halides is 2. The summed E-state index contributed by atoms with van der Waals surface area (Å²) in [5, 5.41) is 2.33. The fraction of sp³-hybridized carbons (Fsp3) is 1.00. The van der Waals surface area contributed by atoms with Crippen molar-refractivity contribution in [1.29, 1.82) is 0 Å². The van der Waals surface area contributed by atoms with Gasteiger partial charge < -0.3 is 0 Å². The Morgan fingerprint density at radius 3 is 1.86 bits per heavy atom. The van der Waals surface area contributed by atoms with Gasteiger partial charge >= 0.3 is 0 Å². The van der Waals surface area contributed by atoms with Gasteiger partial charge in [-0.25, -0.2) is 0 Å². The Balaban J connectivity index is 3.30. The Morgan fingerprint density at radius 1 is 0.786 bits per heavy atom. The van der Waals surface area contributed by atoms with E-state index in [1.807, 2.05) is 0 Å². The molecule has 14 heavy (non-hydrogen) atoms. The smallest absolute Gasteiger partial charge is 0.00339 e. The van der Waals surface area contributed by atoms with E-state index in [0.717, 1.165) is 5.92 Å². The molecular formula is C12H24Br2. The number of halogens is 2. The molecule has 0 aliphatic rings. The van der Waals surface area contributed by atoms with Crippen LogP contribution >= 0.6 is 31.9 Å². The van der Waals surface area contributed by atoms with Crippen LogP contribution in [0.25, 0.3) is 0 Å². The van der Waals surface area contributed by atoms with Gasteiger partial charge in [-0.15, -0.1) is 0 Å². The van der Waals surface area contributed by atoms with Crippen molar-refractivity contribution >= 4 is 31.9 Å². The first-order valence-electron chi connectivity index (χ1n) is 5.97. The molecular weight excluding hydrogens is 304 g/mol. The van der Waals surface area contributed by atoms with Gasteiger partial charge in [0.15, 0.2) is 0 Å². The van der Waals surface area contributed by atoms with E-state index in [1.165, 1.54) is 62.0 Å². The van der Waals surface area contributed by atoms with Gasteiger partial charge in [-0.05, 0) is 18.8 Å². The molecule has 2 heteroatoms. The van der Waals surface area contributed by atoms with Crippen molar-refractivity contribution in [2.45, 2.75) is 58.3 Å². The standard InChI is InChI=1S/C12H24Br2/c1-2-3-4-5-6-7-12(8-10-13)9-11-14/h12H,2-11H2,1H3. The van der Waals surface area contributed by atoms with Gasteiger partial charge in [0.25, 0.3) is 0 Å². The third-order valence-electron chi connectivity index (χ3n) is 2.75. The first kappa shape index (κ1) is 15.0. The van der Waals surface area contributed by atoms with Gasteiger partial charge in [0, 0.05) is 10.7 Å². The minimum atomic E-state index is 0.940. The van der Waals surface area contributed by atoms with E-state index in [2.05, 4.69) is 38.8 Å². The Kier molecular flexibility index (Phi) is 12.9. The lowest BCUT2D eigenvalue weighted by Crippen LogP contribution is -2.02. The Labute approximate surface area is 106 Å². The molecule has 86 valence electrons. The van der Waals surface area contributed by atoms with Crippen LogP contribution in [0.4, 0.5) is 0 Å². The normalized spacial score (nSPS) is 11.1. The largest absolute Gasteiger partial charge is 0.0928 e. The zero-order valence-corrected chi connectivity index (χ0v) is 12.6. The fourth-order valence-corrected chi connectivity index (χ4v) is 3.07. The zero-order chi connectivity index (χ0) is 10.6. The molecule has 0 aromatic heterocycles. The number of hydrogen-bond acceptors (Lipinski definition) is 0. The molecule has 0 nitrogen and oxygen atoms in total. The maximum Gasteiger partial charge on any atom is 0.00339 e. The monoisotopic (exact) mass is 326 g/mol. The average molecular weight is 328 g/mol. The summed E-state index contributed by atoms with van der Waals surface area (Å²) in [7, 11) is 0. The molecule has 0 unspecified atom stereocenters. The van der Waals surface area contributed by atoms with Gasteiger partial charge in [0.05, 0.1) is 0 Å². The molecule has 0 bridgehead atoms. The van der Waals surface area contributed by atoms with Gasteiger partial charge in [0.1, 0.15) is 0 Å². The van der Waals surface area contributed by atoms with Crippen molar-refractivity contribution < 1.29 is 0 Å². The molecule has 0 radical (unpaired) electrons. The van der Waals surface area contributed by atoms with Crippen molar-refractivity contribution in [3.05, 3.63) is 0 Å². The molecule has 0 saturated heterocycles. The van der Waals surface area contributed by atoms with Gasteiger partial charge in [0.2, 0.25) is 0 Å². The summed E-state index contributed by atoms with van der Waals surface area (Å²) < 4.78 is 0. The molecule has 0 N–H and O–H groups in total. The highest BCUT2D eigenvalue weighted by atomic mass is 79.9. The van der Waals surface area contributed by atoms with Crippen LogP contribution in [0.1, 0.15) is 58.3 Å². The fourth-order valence-electron chi connectivity index (χ4n) is 1.78. The van der Waals surface area contributed by atoms with Crippen molar-refractivity contribution in [2.75, 3.05) is 10.7 Å². The van der Waals surface area contributed by atoms with Crippen LogP contribution in [0.15, 0.2) is 0 Å². The highest BCUT2D eigenvalue weighted by Gasteiger charge is 2.06. The van der Waals surface area contributed by atoms with Crippen molar-refractivity contribution in [3.8, 4) is 0 Å². The van der Waals surface area contributed by atoms with Crippen molar-refractivity contribution in [1.82, 2.24) is 0 Å². The second kappa shape index (κ2) is 12.0. The third kappa shape index (κ3) is 9.51. The number of hydrogen-bond donors (Lipinski definition) is 0. The zero-order valence-electron chi connectivity index (χ0n) is 9.40. The predicted octanol–water partition coefficient (Wildman–Crippen LogP) is 5.53. The molecule has 0 aliphatic heterocycles. The molecule has 0 spiro atoms. The van der Waals surface area contributed by atoms with E-state index in [1.54, 1.807) is 0 Å². The summed E-state index contributed by atoms with van der Waals surface area (Å²) in [5.41, 5.74) is 0. The second-order valence-electron chi connectivity index (χ2n) is 4.02. The van der Waals surface area contributed by atoms with Gasteiger partial charge in [-0.3, -0.25) is 0 Å². The molecule has 0 heterocycles. The molecule has 0 saturated carbocycles. The quantitative estimate of drug-likeness (QED) is 0.365. The SMILES string of the molecule is CCCCCCCC(CCBr)CCBr. The molecule has 0 amide bonds.